The number of nitrogens with one attached hydrogen (secondary N) is 1. The van der Waals surface area contributed by atoms with E-state index in [0.717, 1.165) is 11.6 Å². The number of thioether (sulfide) groups is 1. The Morgan fingerprint density at radius 2 is 2.24 bits per heavy atom. The van der Waals surface area contributed by atoms with E-state index in [4.69, 9.17) is 5.11 Å². The highest BCUT2D eigenvalue weighted by Crippen LogP contribution is 2.14. The molecule has 0 spiro atoms. The standard InChI is InChI=1S/C11H20N2O3S/c1-8(2)13(5-3-4-10(14)15)11(16)9-6-17-7-12-9/h8-9,12H,3-7H2,1-2H3,(H,14,15). The van der Waals surface area contributed by atoms with Crippen LogP contribution < -0.4 is 5.32 Å². The molecule has 1 saturated heterocycles. The molecule has 0 radical (unpaired) electrons. The predicted molar refractivity (Wildman–Crippen MR) is 68.0 cm³/mol. The molecule has 6 heteroatoms. The SMILES string of the molecule is CC(C)N(CCCC(=O)O)C(=O)C1CSCN1. The fourth-order valence-electron chi connectivity index (χ4n) is 1.78. The lowest BCUT2D eigenvalue weighted by molar-refractivity contribution is -0.139. The van der Waals surface area contributed by atoms with E-state index in [1.807, 2.05) is 13.8 Å². The van der Waals surface area contributed by atoms with Crippen LogP contribution in [-0.2, 0) is 9.59 Å². The molecule has 1 aliphatic rings. The van der Waals surface area contributed by atoms with Gasteiger partial charge < -0.3 is 10.0 Å². The Labute approximate surface area is 106 Å². The van der Waals surface area contributed by atoms with Crippen molar-refractivity contribution in [2.24, 2.45) is 0 Å². The number of carbonyl (C=O) groups excluding carboxylic acids is 1. The van der Waals surface area contributed by atoms with Gasteiger partial charge in [-0.1, -0.05) is 0 Å². The number of carboxylic acid groups (broad SMARTS) is 1. The Balaban J connectivity index is 2.46. The third-order valence-corrected chi connectivity index (χ3v) is 3.65. The van der Waals surface area contributed by atoms with Crippen molar-refractivity contribution in [3.05, 3.63) is 0 Å². The molecule has 1 fully saturated rings. The molecule has 1 unspecified atom stereocenters. The Morgan fingerprint density at radius 3 is 2.71 bits per heavy atom. The summed E-state index contributed by atoms with van der Waals surface area (Å²) in [4.78, 5) is 24.4. The normalized spacial score (nSPS) is 19.6. The topological polar surface area (TPSA) is 69.6 Å². The predicted octanol–water partition coefficient (Wildman–Crippen LogP) is 0.751. The van der Waals surface area contributed by atoms with E-state index < -0.39 is 5.97 Å². The average Bonchev–Trinajstić information content (AvgIpc) is 2.75. The highest BCUT2D eigenvalue weighted by Gasteiger charge is 2.28. The zero-order chi connectivity index (χ0) is 12.8. The van der Waals surface area contributed by atoms with E-state index >= 15 is 0 Å². The first-order valence-corrected chi connectivity index (χ1v) is 7.01. The Hall–Kier alpha value is -0.750. The number of rotatable bonds is 6. The number of hydrogen-bond donors (Lipinski definition) is 2. The fourth-order valence-corrected chi connectivity index (χ4v) is 2.71. The molecule has 0 bridgehead atoms. The van der Waals surface area contributed by atoms with Gasteiger partial charge in [-0.2, -0.15) is 0 Å². The minimum atomic E-state index is -0.810. The highest BCUT2D eigenvalue weighted by atomic mass is 32.2. The molecular weight excluding hydrogens is 240 g/mol. The molecule has 1 amide bonds. The van der Waals surface area contributed by atoms with Crippen LogP contribution in [0.15, 0.2) is 0 Å². The molecule has 5 nitrogen and oxygen atoms in total. The highest BCUT2D eigenvalue weighted by molar-refractivity contribution is 7.99. The van der Waals surface area contributed by atoms with E-state index in [-0.39, 0.29) is 24.4 Å². The second-order valence-corrected chi connectivity index (χ2v) is 5.42. The number of carboxylic acids is 1. The smallest absolute Gasteiger partial charge is 0.303 e. The third kappa shape index (κ3) is 4.55. The van der Waals surface area contributed by atoms with Crippen LogP contribution in [0.1, 0.15) is 26.7 Å². The van der Waals surface area contributed by atoms with Crippen molar-refractivity contribution in [3.63, 3.8) is 0 Å². The van der Waals surface area contributed by atoms with Gasteiger partial charge in [0.2, 0.25) is 5.91 Å². The number of nitrogens with zero attached hydrogens (tertiary/aromatic N) is 1. The van der Waals surface area contributed by atoms with Gasteiger partial charge in [-0.3, -0.25) is 14.9 Å². The van der Waals surface area contributed by atoms with E-state index in [2.05, 4.69) is 5.32 Å². The summed E-state index contributed by atoms with van der Waals surface area (Å²) in [6.45, 7) is 4.44. The molecule has 1 aliphatic heterocycles. The van der Waals surface area contributed by atoms with Crippen LogP contribution in [-0.4, -0.2) is 52.1 Å². The van der Waals surface area contributed by atoms with E-state index in [0.29, 0.717) is 13.0 Å². The van der Waals surface area contributed by atoms with Gasteiger partial charge >= 0.3 is 5.97 Å². The van der Waals surface area contributed by atoms with Crippen molar-refractivity contribution in [1.82, 2.24) is 10.2 Å². The molecule has 98 valence electrons. The zero-order valence-electron chi connectivity index (χ0n) is 10.3. The van der Waals surface area contributed by atoms with Crippen molar-refractivity contribution in [1.29, 1.82) is 0 Å². The van der Waals surface area contributed by atoms with Crippen molar-refractivity contribution in [2.45, 2.75) is 38.8 Å². The Morgan fingerprint density at radius 1 is 1.53 bits per heavy atom. The number of aliphatic carboxylic acids is 1. The molecule has 0 saturated carbocycles. The summed E-state index contributed by atoms with van der Waals surface area (Å²) in [6.07, 6.45) is 0.627. The number of amides is 1. The lowest BCUT2D eigenvalue weighted by atomic mass is 10.2. The fraction of sp³-hybridized carbons (Fsp3) is 0.818. The molecule has 2 N–H and O–H groups in total. The van der Waals surface area contributed by atoms with Crippen molar-refractivity contribution >= 4 is 23.6 Å². The van der Waals surface area contributed by atoms with Gasteiger partial charge in [0.15, 0.2) is 0 Å². The molecule has 1 heterocycles. The molecule has 0 aliphatic carbocycles. The van der Waals surface area contributed by atoms with Gasteiger partial charge in [0, 0.05) is 30.6 Å². The average molecular weight is 260 g/mol. The van der Waals surface area contributed by atoms with Crippen molar-refractivity contribution < 1.29 is 14.7 Å². The van der Waals surface area contributed by atoms with Crippen LogP contribution in [0.5, 0.6) is 0 Å². The third-order valence-electron chi connectivity index (χ3n) is 2.71. The number of carbonyl (C=O) groups is 2. The van der Waals surface area contributed by atoms with Gasteiger partial charge in [0.05, 0.1) is 6.04 Å². The summed E-state index contributed by atoms with van der Waals surface area (Å²) in [5.41, 5.74) is 0. The van der Waals surface area contributed by atoms with Gasteiger partial charge in [0.1, 0.15) is 0 Å². The molecule has 17 heavy (non-hydrogen) atoms. The zero-order valence-corrected chi connectivity index (χ0v) is 11.1. The summed E-state index contributed by atoms with van der Waals surface area (Å²) >= 11 is 1.72. The van der Waals surface area contributed by atoms with Crippen LogP contribution in [0.3, 0.4) is 0 Å². The molecule has 1 rings (SSSR count). The molecule has 0 aromatic carbocycles. The second kappa shape index (κ2) is 6.86. The largest absolute Gasteiger partial charge is 0.481 e. The van der Waals surface area contributed by atoms with E-state index in [1.165, 1.54) is 0 Å². The van der Waals surface area contributed by atoms with E-state index in [9.17, 15) is 9.59 Å². The maximum Gasteiger partial charge on any atom is 0.303 e. The van der Waals surface area contributed by atoms with E-state index in [1.54, 1.807) is 16.7 Å². The second-order valence-electron chi connectivity index (χ2n) is 4.39. The summed E-state index contributed by atoms with van der Waals surface area (Å²) in [7, 11) is 0. The minimum Gasteiger partial charge on any atom is -0.481 e. The Kier molecular flexibility index (Phi) is 5.77. The molecule has 0 aromatic rings. The summed E-state index contributed by atoms with van der Waals surface area (Å²) in [6, 6.07) is 0.0101. The van der Waals surface area contributed by atoms with Crippen LogP contribution >= 0.6 is 11.8 Å². The lowest BCUT2D eigenvalue weighted by Crippen LogP contribution is -2.48. The van der Waals surface area contributed by atoms with Crippen LogP contribution in [0, 0.1) is 0 Å². The first-order valence-electron chi connectivity index (χ1n) is 5.85. The van der Waals surface area contributed by atoms with Crippen LogP contribution in [0.4, 0.5) is 0 Å². The first kappa shape index (κ1) is 14.3. The monoisotopic (exact) mass is 260 g/mol. The Bertz CT molecular complexity index is 278. The van der Waals surface area contributed by atoms with Gasteiger partial charge in [0.25, 0.3) is 0 Å². The van der Waals surface area contributed by atoms with Gasteiger partial charge in [-0.15, -0.1) is 11.8 Å². The summed E-state index contributed by atoms with van der Waals surface area (Å²) < 4.78 is 0. The quantitative estimate of drug-likeness (QED) is 0.737. The molecule has 0 aromatic heterocycles. The molecular formula is C11H20N2O3S. The van der Waals surface area contributed by atoms with Crippen LogP contribution in [0.2, 0.25) is 0 Å². The van der Waals surface area contributed by atoms with Crippen molar-refractivity contribution in [2.75, 3.05) is 18.2 Å². The van der Waals surface area contributed by atoms with Crippen molar-refractivity contribution in [3.8, 4) is 0 Å². The summed E-state index contributed by atoms with van der Waals surface area (Å²) in [5.74, 6) is 0.907. The first-order chi connectivity index (χ1) is 8.02. The van der Waals surface area contributed by atoms with Gasteiger partial charge in [-0.05, 0) is 20.3 Å². The maximum absolute atomic E-state index is 12.2. The minimum absolute atomic E-state index is 0.0930. The van der Waals surface area contributed by atoms with Gasteiger partial charge in [-0.25, -0.2) is 0 Å². The maximum atomic E-state index is 12.2. The number of hydrogen-bond acceptors (Lipinski definition) is 4. The lowest BCUT2D eigenvalue weighted by Gasteiger charge is -2.29. The molecule has 1 atom stereocenters. The summed E-state index contributed by atoms with van der Waals surface area (Å²) in [5, 5.41) is 11.7. The van der Waals surface area contributed by atoms with Crippen LogP contribution in [0.25, 0.3) is 0 Å².